The number of ketones is 1. The third kappa shape index (κ3) is 3.20. The number of aromatic nitrogens is 2. The standard InChI is InChI=1S/C30H38N2O4/c1-18-4-6-19(7-5-18)16-32-24-12-21-8-9-22-23-10-11-30(36,26(35)17-33)29(23,3)14-25(34)27(22)28(21,2)13-20(24)15-31-32/h4-7,12,15,22-23,25,27,33-34,36H,8-11,13-14,16-17H2,1-3H3/t22-,23-,25-,27+,28-,29-,30-/m0/s1. The van der Waals surface area contributed by atoms with Gasteiger partial charge in [-0.05, 0) is 85.8 Å². The summed E-state index contributed by atoms with van der Waals surface area (Å²) < 4.78 is 2.10. The fourth-order valence-electron chi connectivity index (χ4n) is 8.83. The Morgan fingerprint density at radius 1 is 1.19 bits per heavy atom. The fraction of sp³-hybridized carbons (Fsp3) is 0.600. The first-order valence-electron chi connectivity index (χ1n) is 13.5. The summed E-state index contributed by atoms with van der Waals surface area (Å²) in [5.41, 5.74) is 3.86. The number of aryl methyl sites for hydroxylation is 1. The first-order chi connectivity index (χ1) is 17.1. The van der Waals surface area contributed by atoms with Crippen molar-refractivity contribution in [1.82, 2.24) is 9.78 Å². The van der Waals surface area contributed by atoms with Crippen molar-refractivity contribution in [2.45, 2.75) is 77.5 Å². The molecule has 6 rings (SSSR count). The van der Waals surface area contributed by atoms with Crippen molar-refractivity contribution in [2.75, 3.05) is 6.61 Å². The van der Waals surface area contributed by atoms with Crippen molar-refractivity contribution in [3.8, 4) is 0 Å². The number of hydrogen-bond donors (Lipinski definition) is 3. The van der Waals surface area contributed by atoms with Crippen LogP contribution < -0.4 is 0 Å². The highest BCUT2D eigenvalue weighted by molar-refractivity contribution is 5.89. The smallest absolute Gasteiger partial charge is 0.190 e. The molecule has 4 aliphatic rings. The van der Waals surface area contributed by atoms with Crippen LogP contribution in [0, 0.1) is 35.5 Å². The number of benzene rings is 1. The van der Waals surface area contributed by atoms with Crippen molar-refractivity contribution in [2.24, 2.45) is 28.6 Å². The Morgan fingerprint density at radius 3 is 2.67 bits per heavy atom. The van der Waals surface area contributed by atoms with E-state index in [0.29, 0.717) is 12.8 Å². The van der Waals surface area contributed by atoms with Crippen molar-refractivity contribution in [1.29, 1.82) is 0 Å². The molecule has 36 heavy (non-hydrogen) atoms. The van der Waals surface area contributed by atoms with E-state index in [9.17, 15) is 20.1 Å². The van der Waals surface area contributed by atoms with Crippen LogP contribution in [0.5, 0.6) is 0 Å². The van der Waals surface area contributed by atoms with Crippen LogP contribution in [0.4, 0.5) is 0 Å². The summed E-state index contributed by atoms with van der Waals surface area (Å²) in [6, 6.07) is 8.60. The van der Waals surface area contributed by atoms with Gasteiger partial charge in [-0.15, -0.1) is 0 Å². The molecule has 6 heteroatoms. The Labute approximate surface area is 213 Å². The fourth-order valence-corrected chi connectivity index (χ4v) is 8.83. The summed E-state index contributed by atoms with van der Waals surface area (Å²) in [5, 5.41) is 37.4. The normalized spacial score (nSPS) is 39.0. The number of nitrogens with zero attached hydrogens (tertiary/aromatic N) is 2. The summed E-state index contributed by atoms with van der Waals surface area (Å²) >= 11 is 0. The number of Topliss-reactive ketones (excluding diaryl/α,β-unsaturated/α-hetero) is 1. The number of carbonyl (C=O) groups excluding carboxylic acids is 1. The minimum atomic E-state index is -1.55. The van der Waals surface area contributed by atoms with E-state index in [1.54, 1.807) is 0 Å². The molecule has 0 spiro atoms. The minimum absolute atomic E-state index is 0.0794. The van der Waals surface area contributed by atoms with Gasteiger partial charge in [0.1, 0.15) is 12.2 Å². The van der Waals surface area contributed by atoms with Gasteiger partial charge in [-0.3, -0.25) is 9.48 Å². The molecule has 0 bridgehead atoms. The Kier molecular flexibility index (Phi) is 5.42. The lowest BCUT2D eigenvalue weighted by Crippen LogP contribution is -2.62. The van der Waals surface area contributed by atoms with Gasteiger partial charge in [-0.25, -0.2) is 0 Å². The molecule has 192 valence electrons. The Morgan fingerprint density at radius 2 is 1.94 bits per heavy atom. The van der Waals surface area contributed by atoms with Gasteiger partial charge in [0.25, 0.3) is 0 Å². The number of rotatable bonds is 4. The van der Waals surface area contributed by atoms with Crippen LogP contribution in [0.25, 0.3) is 6.08 Å². The highest BCUT2D eigenvalue weighted by Crippen LogP contribution is 2.67. The molecule has 3 saturated carbocycles. The van der Waals surface area contributed by atoms with E-state index < -0.39 is 29.5 Å². The maximum absolute atomic E-state index is 12.6. The molecule has 1 heterocycles. The highest BCUT2D eigenvalue weighted by atomic mass is 16.3. The first kappa shape index (κ1) is 24.1. The minimum Gasteiger partial charge on any atom is -0.393 e. The topological polar surface area (TPSA) is 95.6 Å². The van der Waals surface area contributed by atoms with Crippen molar-refractivity contribution >= 4 is 11.9 Å². The van der Waals surface area contributed by atoms with E-state index in [1.807, 2.05) is 13.1 Å². The van der Waals surface area contributed by atoms with Gasteiger partial charge in [-0.2, -0.15) is 5.10 Å². The van der Waals surface area contributed by atoms with Gasteiger partial charge in [0, 0.05) is 5.41 Å². The molecular weight excluding hydrogens is 452 g/mol. The van der Waals surface area contributed by atoms with Crippen molar-refractivity contribution < 1.29 is 20.1 Å². The highest BCUT2D eigenvalue weighted by Gasteiger charge is 2.68. The lowest BCUT2D eigenvalue weighted by atomic mass is 9.45. The summed E-state index contributed by atoms with van der Waals surface area (Å²) in [4.78, 5) is 12.6. The molecule has 4 aliphatic carbocycles. The largest absolute Gasteiger partial charge is 0.393 e. The lowest BCUT2D eigenvalue weighted by molar-refractivity contribution is -0.181. The molecule has 1 aromatic heterocycles. The van der Waals surface area contributed by atoms with E-state index in [4.69, 9.17) is 5.10 Å². The lowest BCUT2D eigenvalue weighted by Gasteiger charge is -2.60. The third-order valence-corrected chi connectivity index (χ3v) is 10.7. The van der Waals surface area contributed by atoms with E-state index in [0.717, 1.165) is 32.2 Å². The number of allylic oxidation sites excluding steroid dienone is 1. The molecule has 7 atom stereocenters. The van der Waals surface area contributed by atoms with Crippen LogP contribution in [0.3, 0.4) is 0 Å². The number of aliphatic hydroxyl groups excluding tert-OH is 2. The number of hydrogen-bond acceptors (Lipinski definition) is 5. The van der Waals surface area contributed by atoms with E-state index in [1.165, 1.54) is 28.0 Å². The van der Waals surface area contributed by atoms with Crippen LogP contribution in [0.2, 0.25) is 0 Å². The van der Waals surface area contributed by atoms with Gasteiger partial charge in [0.2, 0.25) is 0 Å². The Bertz CT molecular complexity index is 1230. The molecule has 6 nitrogen and oxygen atoms in total. The zero-order valence-electron chi connectivity index (χ0n) is 21.6. The predicted molar refractivity (Wildman–Crippen MR) is 137 cm³/mol. The summed E-state index contributed by atoms with van der Waals surface area (Å²) in [6.07, 6.45) is 8.02. The van der Waals surface area contributed by atoms with Gasteiger partial charge in [0.05, 0.1) is 24.5 Å². The SMILES string of the molecule is Cc1ccc(Cn2ncc3c2C=C2CC[C@@H]4[C@H]([C@@H](O)C[C@@]5(C)[C@H]4CC[C@]5(O)C(=O)CO)[C@@]2(C)C3)cc1. The molecule has 0 unspecified atom stereocenters. The Hall–Kier alpha value is -2.28. The second-order valence-corrected chi connectivity index (χ2v) is 12.5. The molecule has 1 aromatic carbocycles. The second-order valence-electron chi connectivity index (χ2n) is 12.5. The zero-order valence-corrected chi connectivity index (χ0v) is 21.6. The van der Waals surface area contributed by atoms with Gasteiger partial charge in [-0.1, -0.05) is 49.2 Å². The zero-order chi connectivity index (χ0) is 25.5. The number of aliphatic hydroxyl groups is 3. The quantitative estimate of drug-likeness (QED) is 0.608. The first-order valence-corrected chi connectivity index (χ1v) is 13.5. The van der Waals surface area contributed by atoms with Gasteiger partial charge < -0.3 is 15.3 Å². The average molecular weight is 491 g/mol. The molecule has 0 amide bonds. The summed E-state index contributed by atoms with van der Waals surface area (Å²) in [5.74, 6) is -0.0131. The van der Waals surface area contributed by atoms with Crippen molar-refractivity contribution in [3.05, 3.63) is 58.4 Å². The van der Waals surface area contributed by atoms with Gasteiger partial charge >= 0.3 is 0 Å². The average Bonchev–Trinajstić information content (AvgIpc) is 3.35. The summed E-state index contributed by atoms with van der Waals surface area (Å²) in [7, 11) is 0. The molecule has 0 radical (unpaired) electrons. The molecule has 0 saturated heterocycles. The molecule has 0 aliphatic heterocycles. The number of carbonyl (C=O) groups is 1. The van der Waals surface area contributed by atoms with E-state index >= 15 is 0 Å². The van der Waals surface area contributed by atoms with Gasteiger partial charge in [0.15, 0.2) is 5.78 Å². The second kappa shape index (κ2) is 8.11. The molecular formula is C30H38N2O4. The summed E-state index contributed by atoms with van der Waals surface area (Å²) in [6.45, 7) is 6.47. The third-order valence-electron chi connectivity index (χ3n) is 10.7. The van der Waals surface area contributed by atoms with Crippen LogP contribution in [-0.2, 0) is 17.8 Å². The Balaban J connectivity index is 1.32. The molecule has 3 N–H and O–H groups in total. The van der Waals surface area contributed by atoms with E-state index in [2.05, 4.69) is 48.9 Å². The van der Waals surface area contributed by atoms with Crippen LogP contribution in [0.1, 0.15) is 68.3 Å². The maximum atomic E-state index is 12.6. The van der Waals surface area contributed by atoms with Crippen LogP contribution in [-0.4, -0.2) is 49.2 Å². The van der Waals surface area contributed by atoms with E-state index in [-0.39, 0.29) is 23.2 Å². The maximum Gasteiger partial charge on any atom is 0.190 e. The number of fused-ring (bicyclic) bond motifs is 6. The predicted octanol–water partition coefficient (Wildman–Crippen LogP) is 3.69. The molecule has 3 fully saturated rings. The van der Waals surface area contributed by atoms with Crippen molar-refractivity contribution in [3.63, 3.8) is 0 Å². The molecule has 2 aromatic rings. The van der Waals surface area contributed by atoms with Crippen LogP contribution in [0.15, 0.2) is 36.0 Å². The monoisotopic (exact) mass is 490 g/mol. The van der Waals surface area contributed by atoms with Crippen LogP contribution >= 0.6 is 0 Å².